The highest BCUT2D eigenvalue weighted by Crippen LogP contribution is 2.13. The zero-order valence-electron chi connectivity index (χ0n) is 40.4. The van der Waals surface area contributed by atoms with Crippen molar-refractivity contribution in [2.75, 3.05) is 18.6 Å². The van der Waals surface area contributed by atoms with Gasteiger partial charge in [-0.1, -0.05) is 67.5 Å². The van der Waals surface area contributed by atoms with Crippen LogP contribution >= 0.6 is 11.8 Å². The maximum absolute atomic E-state index is 13.8. The number of hydrogen-bond donors (Lipinski definition) is 12. The molecule has 0 saturated carbocycles. The highest BCUT2D eigenvalue weighted by Gasteiger charge is 2.35. The minimum absolute atomic E-state index is 0.0270. The SMILES string of the molecule is CSCC[C@H](NC(=O)[C@@H](NC(=O)[C@H](CC(C)C)NC(=O)[C@H](CC(C)C)NC(=O)CNC(=O)[C@H](C)NC(=O)[C@H](CC(C)C)NC(=O)[C@@H](N)Cc1ccc(O)cc1)[C@@H](C)O)C(=O)N[C@H](O)C(C)C. The molecule has 0 spiro atoms. The summed E-state index contributed by atoms with van der Waals surface area (Å²) in [4.78, 5) is 107. The Hall–Kier alpha value is -4.99. The van der Waals surface area contributed by atoms with Crippen LogP contribution in [0.3, 0.4) is 0 Å². The molecular formula is C45H77N9O11S. The van der Waals surface area contributed by atoms with Gasteiger partial charge in [0.1, 0.15) is 48.2 Å². The molecule has 1 aromatic rings. The molecule has 9 atom stereocenters. The number of carbonyl (C=O) groups excluding carboxylic acids is 8. The number of rotatable bonds is 29. The number of nitrogens with two attached hydrogens (primary N) is 1. The van der Waals surface area contributed by atoms with Crippen molar-refractivity contribution in [1.29, 1.82) is 0 Å². The fourth-order valence-electron chi connectivity index (χ4n) is 6.42. The molecule has 1 aromatic carbocycles. The van der Waals surface area contributed by atoms with Crippen LogP contribution in [-0.4, -0.2) is 136 Å². The van der Waals surface area contributed by atoms with E-state index in [2.05, 4.69) is 42.5 Å². The molecule has 0 aliphatic carbocycles. The Morgan fingerprint density at radius 2 is 1.03 bits per heavy atom. The second-order valence-electron chi connectivity index (χ2n) is 18.3. The zero-order valence-corrected chi connectivity index (χ0v) is 41.2. The number of aliphatic hydroxyl groups is 2. The van der Waals surface area contributed by atoms with Crippen molar-refractivity contribution in [3.05, 3.63) is 29.8 Å². The standard InChI is InChI=1S/C45H77N9O11S/c1-23(2)18-33(43(63)52-35(20-25(5)6)44(64)53-37(28(10)55)45(65)50-32(16-17-66-11)41(61)54-38(58)26(7)8)49-36(57)22-47-39(59)27(9)48-42(62)34(19-24(3)4)51-40(60)31(46)21-29-12-14-30(56)15-13-29/h12-15,23-28,31-35,37-38,55-56,58H,16-22,46H2,1-11H3,(H,47,59)(H,48,62)(H,49,57)(H,50,65)(H,51,60)(H,52,63)(H,53,64)(H,54,61)/t27-,28+,31-,32-,33-,34-,35-,37-,38+/m0/s1. The molecule has 0 heterocycles. The van der Waals surface area contributed by atoms with E-state index in [9.17, 15) is 53.7 Å². The van der Waals surface area contributed by atoms with E-state index in [-0.39, 0.29) is 61.5 Å². The first-order valence-corrected chi connectivity index (χ1v) is 23.9. The number of aliphatic hydroxyl groups excluding tert-OH is 2. The number of aromatic hydroxyl groups is 1. The molecule has 0 saturated heterocycles. The number of amides is 8. The Morgan fingerprint density at radius 3 is 1.52 bits per heavy atom. The van der Waals surface area contributed by atoms with Crippen LogP contribution in [0.25, 0.3) is 0 Å². The van der Waals surface area contributed by atoms with E-state index in [0.717, 1.165) is 0 Å². The summed E-state index contributed by atoms with van der Waals surface area (Å²) in [5.74, 6) is -5.78. The number of hydrogen-bond acceptors (Lipinski definition) is 13. The summed E-state index contributed by atoms with van der Waals surface area (Å²) in [5.41, 5.74) is 6.82. The summed E-state index contributed by atoms with van der Waals surface area (Å²) in [6.07, 6.45) is 0.0440. The number of thioether (sulfide) groups is 1. The number of phenols is 1. The van der Waals surface area contributed by atoms with Gasteiger partial charge in [-0.15, -0.1) is 0 Å². The van der Waals surface area contributed by atoms with Gasteiger partial charge in [-0.2, -0.15) is 11.8 Å². The van der Waals surface area contributed by atoms with Crippen molar-refractivity contribution in [3.63, 3.8) is 0 Å². The third-order valence-corrected chi connectivity index (χ3v) is 10.8. The summed E-state index contributed by atoms with van der Waals surface area (Å²) in [6, 6.07) is -1.99. The summed E-state index contributed by atoms with van der Waals surface area (Å²) in [6.45, 7) is 16.5. The van der Waals surface area contributed by atoms with E-state index in [0.29, 0.717) is 11.3 Å². The maximum atomic E-state index is 13.8. The van der Waals surface area contributed by atoms with Crippen LogP contribution in [0.1, 0.15) is 100 Å². The smallest absolute Gasteiger partial charge is 0.245 e. The minimum atomic E-state index is -1.54. The highest BCUT2D eigenvalue weighted by molar-refractivity contribution is 7.98. The summed E-state index contributed by atoms with van der Waals surface area (Å²) < 4.78 is 0. The van der Waals surface area contributed by atoms with Crippen molar-refractivity contribution >= 4 is 59.0 Å². The van der Waals surface area contributed by atoms with Crippen LogP contribution in [0.4, 0.5) is 0 Å². The lowest BCUT2D eigenvalue weighted by Crippen LogP contribution is -2.61. The monoisotopic (exact) mass is 952 g/mol. The van der Waals surface area contributed by atoms with Gasteiger partial charge < -0.3 is 63.6 Å². The molecular weight excluding hydrogens is 875 g/mol. The fraction of sp³-hybridized carbons (Fsp3) is 0.689. The van der Waals surface area contributed by atoms with Crippen LogP contribution in [-0.2, 0) is 44.8 Å². The second kappa shape index (κ2) is 29.6. The molecule has 66 heavy (non-hydrogen) atoms. The first-order valence-electron chi connectivity index (χ1n) is 22.5. The van der Waals surface area contributed by atoms with Gasteiger partial charge in [-0.05, 0) is 99.3 Å². The van der Waals surface area contributed by atoms with Gasteiger partial charge in [-0.3, -0.25) is 38.4 Å². The molecule has 0 aromatic heterocycles. The Bertz CT molecular complexity index is 1750. The lowest BCUT2D eigenvalue weighted by atomic mass is 9.99. The molecule has 13 N–H and O–H groups in total. The van der Waals surface area contributed by atoms with Gasteiger partial charge in [0.25, 0.3) is 0 Å². The first-order chi connectivity index (χ1) is 30.7. The van der Waals surface area contributed by atoms with Crippen LogP contribution in [0.5, 0.6) is 5.75 Å². The summed E-state index contributed by atoms with van der Waals surface area (Å²) in [5, 5.41) is 50.8. The quantitative estimate of drug-likeness (QED) is 0.0459. The third-order valence-electron chi connectivity index (χ3n) is 10.2. The third kappa shape index (κ3) is 22.5. The molecule has 374 valence electrons. The largest absolute Gasteiger partial charge is 0.508 e. The molecule has 8 amide bonds. The molecule has 0 fully saturated rings. The van der Waals surface area contributed by atoms with Gasteiger partial charge in [0.15, 0.2) is 0 Å². The molecule has 0 aliphatic heterocycles. The second-order valence-corrected chi connectivity index (χ2v) is 19.3. The van der Waals surface area contributed by atoms with Crippen molar-refractivity contribution in [1.82, 2.24) is 42.5 Å². The minimum Gasteiger partial charge on any atom is -0.508 e. The van der Waals surface area contributed by atoms with Crippen molar-refractivity contribution < 1.29 is 53.7 Å². The van der Waals surface area contributed by atoms with E-state index in [1.54, 1.807) is 26.0 Å². The fourth-order valence-corrected chi connectivity index (χ4v) is 6.89. The predicted octanol–water partition coefficient (Wildman–Crippen LogP) is -0.330. The van der Waals surface area contributed by atoms with E-state index in [4.69, 9.17) is 5.73 Å². The first kappa shape index (κ1) is 59.0. The number of nitrogens with one attached hydrogen (secondary N) is 8. The summed E-state index contributed by atoms with van der Waals surface area (Å²) >= 11 is 1.43. The van der Waals surface area contributed by atoms with Crippen LogP contribution in [0.15, 0.2) is 24.3 Å². The Kier molecular flexibility index (Phi) is 26.5. The van der Waals surface area contributed by atoms with Crippen LogP contribution < -0.4 is 48.3 Å². The Labute approximate surface area is 393 Å². The van der Waals surface area contributed by atoms with Crippen molar-refractivity contribution in [2.45, 2.75) is 156 Å². The van der Waals surface area contributed by atoms with E-state index in [1.807, 2.05) is 47.8 Å². The van der Waals surface area contributed by atoms with E-state index < -0.39 is 108 Å². The van der Waals surface area contributed by atoms with Crippen molar-refractivity contribution in [2.24, 2.45) is 29.4 Å². The van der Waals surface area contributed by atoms with Gasteiger partial charge in [-0.25, -0.2) is 0 Å². The molecule has 21 heteroatoms. The number of benzene rings is 1. The molecule has 20 nitrogen and oxygen atoms in total. The topological polar surface area (TPSA) is 320 Å². The average molecular weight is 952 g/mol. The van der Waals surface area contributed by atoms with E-state index >= 15 is 0 Å². The number of phenolic OH excluding ortho intramolecular Hbond substituents is 1. The summed E-state index contributed by atoms with van der Waals surface area (Å²) in [7, 11) is 0. The zero-order chi connectivity index (χ0) is 50.4. The molecule has 1 rings (SSSR count). The van der Waals surface area contributed by atoms with Crippen LogP contribution in [0, 0.1) is 23.7 Å². The molecule has 0 radical (unpaired) electrons. The Balaban J connectivity index is 3.02. The lowest BCUT2D eigenvalue weighted by Gasteiger charge is -2.29. The molecule has 0 bridgehead atoms. The van der Waals surface area contributed by atoms with Gasteiger partial charge in [0, 0.05) is 0 Å². The lowest BCUT2D eigenvalue weighted by molar-refractivity contribution is -0.137. The van der Waals surface area contributed by atoms with Gasteiger partial charge in [0.05, 0.1) is 18.7 Å². The van der Waals surface area contributed by atoms with Gasteiger partial charge in [0.2, 0.25) is 47.3 Å². The normalized spacial score (nSPS) is 15.5. The van der Waals surface area contributed by atoms with Crippen molar-refractivity contribution in [3.8, 4) is 5.75 Å². The highest BCUT2D eigenvalue weighted by atomic mass is 32.2. The number of carbonyl (C=O) groups is 8. The Morgan fingerprint density at radius 1 is 0.576 bits per heavy atom. The molecule has 0 aliphatic rings. The average Bonchev–Trinajstić information content (AvgIpc) is 3.22. The van der Waals surface area contributed by atoms with E-state index in [1.165, 1.54) is 37.7 Å². The maximum Gasteiger partial charge on any atom is 0.245 e. The van der Waals surface area contributed by atoms with Crippen LogP contribution in [0.2, 0.25) is 0 Å². The van der Waals surface area contributed by atoms with Gasteiger partial charge >= 0.3 is 0 Å². The predicted molar refractivity (Wildman–Crippen MR) is 252 cm³/mol. The molecule has 0 unspecified atom stereocenters.